The van der Waals surface area contributed by atoms with Crippen LogP contribution in [0.25, 0.3) is 0 Å². The second-order valence-electron chi connectivity index (χ2n) is 9.09. The highest BCUT2D eigenvalue weighted by Gasteiger charge is 2.51. The first-order chi connectivity index (χ1) is 15.2. The normalized spacial score (nSPS) is 28.3. The van der Waals surface area contributed by atoms with Crippen LogP contribution in [-0.4, -0.2) is 68.3 Å². The summed E-state index contributed by atoms with van der Waals surface area (Å²) in [6.07, 6.45) is 11.4. The predicted molar refractivity (Wildman–Crippen MR) is 115 cm³/mol. The molecular formula is C23H30N6O2. The lowest BCUT2D eigenvalue weighted by molar-refractivity contribution is -0.160. The predicted octanol–water partition coefficient (Wildman–Crippen LogP) is 1.36. The Labute approximate surface area is 182 Å². The van der Waals surface area contributed by atoms with Gasteiger partial charge < -0.3 is 15.2 Å². The van der Waals surface area contributed by atoms with Crippen LogP contribution in [-0.2, 0) is 22.6 Å². The molecule has 3 aliphatic heterocycles. The maximum absolute atomic E-state index is 13.4. The van der Waals surface area contributed by atoms with Crippen molar-refractivity contribution in [1.82, 2.24) is 30.1 Å². The van der Waals surface area contributed by atoms with Crippen molar-refractivity contribution in [2.24, 2.45) is 11.8 Å². The number of amides is 2. The highest BCUT2D eigenvalue weighted by atomic mass is 16.2. The summed E-state index contributed by atoms with van der Waals surface area (Å²) in [5, 5.41) is 3.13. The van der Waals surface area contributed by atoms with Gasteiger partial charge in [0.25, 0.3) is 0 Å². The molecule has 3 fully saturated rings. The first kappa shape index (κ1) is 20.2. The van der Waals surface area contributed by atoms with E-state index in [1.165, 1.54) is 0 Å². The number of aromatic amines is 1. The van der Waals surface area contributed by atoms with Crippen LogP contribution in [0.2, 0.25) is 0 Å². The molecule has 31 heavy (non-hydrogen) atoms. The fraction of sp³-hybridized carbons (Fsp3) is 0.565. The Balaban J connectivity index is 1.31. The van der Waals surface area contributed by atoms with Crippen LogP contribution in [0.1, 0.15) is 37.1 Å². The number of nitrogens with one attached hydrogen (secondary N) is 2. The first-order valence-electron chi connectivity index (χ1n) is 11.4. The minimum absolute atomic E-state index is 0.00222. The second-order valence-corrected chi connectivity index (χ2v) is 9.09. The number of fused-ring (bicyclic) bond motifs is 4. The van der Waals surface area contributed by atoms with Gasteiger partial charge in [-0.15, -0.1) is 0 Å². The smallest absolute Gasteiger partial charge is 0.243 e. The molecule has 4 atom stereocenters. The zero-order valence-electron chi connectivity index (χ0n) is 17.7. The quantitative estimate of drug-likeness (QED) is 0.733. The molecule has 2 N–H and O–H groups in total. The minimum Gasteiger partial charge on any atom is -0.354 e. The van der Waals surface area contributed by atoms with E-state index in [4.69, 9.17) is 0 Å². The second kappa shape index (κ2) is 8.78. The standard InChI is InChI=1S/C23H30N6O2/c30-21-3-1-2-19-17-12-18(14-28(13-17)15-20-25-10-11-26-20)22(29(19)21)23(31)27-9-6-16-4-7-24-8-5-16/h4-5,7-8,10-11,17-19,22H,1-3,6,9,12-15H2,(H,25,26)(H,27,31)/t17-,18+,19-,22+/m0/s1. The molecule has 164 valence electrons. The van der Waals surface area contributed by atoms with Crippen LogP contribution in [0.15, 0.2) is 36.9 Å². The molecular weight excluding hydrogens is 392 g/mol. The molecule has 2 bridgehead atoms. The van der Waals surface area contributed by atoms with Crippen molar-refractivity contribution in [2.45, 2.75) is 50.7 Å². The summed E-state index contributed by atoms with van der Waals surface area (Å²) in [5.41, 5.74) is 1.15. The van der Waals surface area contributed by atoms with E-state index in [0.717, 1.165) is 56.7 Å². The molecule has 0 saturated carbocycles. The molecule has 0 spiro atoms. The molecule has 8 nitrogen and oxygen atoms in total. The Morgan fingerprint density at radius 1 is 1.19 bits per heavy atom. The molecule has 3 saturated heterocycles. The van der Waals surface area contributed by atoms with Gasteiger partial charge in [-0.3, -0.25) is 19.5 Å². The Hall–Kier alpha value is -2.74. The summed E-state index contributed by atoms with van der Waals surface area (Å²) < 4.78 is 0. The number of imidazole rings is 1. The number of carbonyl (C=O) groups excluding carboxylic acids is 2. The Kier molecular flexibility index (Phi) is 5.72. The zero-order chi connectivity index (χ0) is 21.2. The lowest BCUT2D eigenvalue weighted by atomic mass is 9.71. The number of likely N-dealkylation sites (tertiary alicyclic amines) is 1. The van der Waals surface area contributed by atoms with E-state index in [1.54, 1.807) is 18.6 Å². The first-order valence-corrected chi connectivity index (χ1v) is 11.4. The third kappa shape index (κ3) is 4.21. The molecule has 2 amide bonds. The summed E-state index contributed by atoms with van der Waals surface area (Å²) >= 11 is 0. The molecule has 0 unspecified atom stereocenters. The summed E-state index contributed by atoms with van der Waals surface area (Å²) in [4.78, 5) is 42.3. The Morgan fingerprint density at radius 2 is 2.03 bits per heavy atom. The van der Waals surface area contributed by atoms with Gasteiger partial charge in [-0.2, -0.15) is 0 Å². The summed E-state index contributed by atoms with van der Waals surface area (Å²) in [7, 11) is 0. The van der Waals surface area contributed by atoms with Gasteiger partial charge >= 0.3 is 0 Å². The van der Waals surface area contributed by atoms with Crippen molar-refractivity contribution in [2.75, 3.05) is 19.6 Å². The van der Waals surface area contributed by atoms with Crippen molar-refractivity contribution in [3.05, 3.63) is 48.3 Å². The van der Waals surface area contributed by atoms with Gasteiger partial charge in [0.05, 0.1) is 6.54 Å². The molecule has 5 heterocycles. The Morgan fingerprint density at radius 3 is 2.84 bits per heavy atom. The van der Waals surface area contributed by atoms with E-state index in [2.05, 4.69) is 25.2 Å². The fourth-order valence-corrected chi connectivity index (χ4v) is 5.80. The highest BCUT2D eigenvalue weighted by molar-refractivity contribution is 5.89. The van der Waals surface area contributed by atoms with Crippen LogP contribution < -0.4 is 5.32 Å². The SMILES string of the molecule is O=C(NCCc1ccncc1)[C@H]1[C@@H]2C[C@@H](CN(Cc3ncc[nH]3)C2)[C@@H]2CCCC(=O)N21. The van der Waals surface area contributed by atoms with Crippen molar-refractivity contribution in [3.8, 4) is 0 Å². The number of piperidine rings is 3. The van der Waals surface area contributed by atoms with Gasteiger partial charge in [0.15, 0.2) is 0 Å². The number of rotatable bonds is 6. The van der Waals surface area contributed by atoms with Gasteiger partial charge in [0, 0.05) is 62.8 Å². The molecule has 2 aromatic heterocycles. The summed E-state index contributed by atoms with van der Waals surface area (Å²) in [6.45, 7) is 3.10. The van der Waals surface area contributed by atoms with E-state index in [-0.39, 0.29) is 29.8 Å². The van der Waals surface area contributed by atoms with E-state index in [1.807, 2.05) is 23.2 Å². The van der Waals surface area contributed by atoms with E-state index in [0.29, 0.717) is 18.9 Å². The summed E-state index contributed by atoms with van der Waals surface area (Å²) in [5.74, 6) is 1.69. The lowest BCUT2D eigenvalue weighted by Crippen LogP contribution is -2.68. The van der Waals surface area contributed by atoms with Crippen LogP contribution >= 0.6 is 0 Å². The number of pyridine rings is 1. The number of H-pyrrole nitrogens is 1. The largest absolute Gasteiger partial charge is 0.354 e. The topological polar surface area (TPSA) is 94.2 Å². The zero-order valence-corrected chi connectivity index (χ0v) is 17.7. The van der Waals surface area contributed by atoms with Crippen LogP contribution in [0, 0.1) is 11.8 Å². The molecule has 0 radical (unpaired) electrons. The van der Waals surface area contributed by atoms with Gasteiger partial charge in [-0.05, 0) is 49.3 Å². The van der Waals surface area contributed by atoms with Crippen LogP contribution in [0.3, 0.4) is 0 Å². The maximum Gasteiger partial charge on any atom is 0.243 e. The molecule has 8 heteroatoms. The maximum atomic E-state index is 13.4. The van der Waals surface area contributed by atoms with E-state index < -0.39 is 0 Å². The van der Waals surface area contributed by atoms with Gasteiger partial charge in [0.2, 0.25) is 11.8 Å². The third-order valence-electron chi connectivity index (χ3n) is 7.08. The van der Waals surface area contributed by atoms with Crippen molar-refractivity contribution in [1.29, 1.82) is 0 Å². The van der Waals surface area contributed by atoms with Crippen molar-refractivity contribution in [3.63, 3.8) is 0 Å². The number of carbonyl (C=O) groups is 2. The molecule has 2 aromatic rings. The van der Waals surface area contributed by atoms with Crippen LogP contribution in [0.5, 0.6) is 0 Å². The van der Waals surface area contributed by atoms with E-state index in [9.17, 15) is 9.59 Å². The fourth-order valence-electron chi connectivity index (χ4n) is 5.80. The van der Waals surface area contributed by atoms with Gasteiger partial charge in [-0.1, -0.05) is 0 Å². The summed E-state index contributed by atoms with van der Waals surface area (Å²) in [6, 6.07) is 3.74. The highest BCUT2D eigenvalue weighted by Crippen LogP contribution is 2.41. The van der Waals surface area contributed by atoms with Gasteiger partial charge in [0.1, 0.15) is 11.9 Å². The Bertz CT molecular complexity index is 902. The molecule has 0 aromatic carbocycles. The third-order valence-corrected chi connectivity index (χ3v) is 7.08. The molecule has 5 rings (SSSR count). The average molecular weight is 423 g/mol. The lowest BCUT2D eigenvalue weighted by Gasteiger charge is -2.55. The van der Waals surface area contributed by atoms with Crippen LogP contribution in [0.4, 0.5) is 0 Å². The molecule has 0 aliphatic carbocycles. The minimum atomic E-state index is -0.370. The molecule has 3 aliphatic rings. The average Bonchev–Trinajstić information content (AvgIpc) is 3.28. The number of hydrogen-bond donors (Lipinski definition) is 2. The number of hydrogen-bond acceptors (Lipinski definition) is 5. The monoisotopic (exact) mass is 422 g/mol. The number of aromatic nitrogens is 3. The van der Waals surface area contributed by atoms with E-state index >= 15 is 0 Å². The van der Waals surface area contributed by atoms with Gasteiger partial charge in [-0.25, -0.2) is 4.98 Å². The number of nitrogens with zero attached hydrogens (tertiary/aromatic N) is 4. The van der Waals surface area contributed by atoms with Crippen molar-refractivity contribution >= 4 is 11.8 Å². The van der Waals surface area contributed by atoms with Crippen molar-refractivity contribution < 1.29 is 9.59 Å².